The summed E-state index contributed by atoms with van der Waals surface area (Å²) in [6.07, 6.45) is 1.64. The van der Waals surface area contributed by atoms with Crippen LogP contribution in [0.15, 0.2) is 52.5 Å². The molecule has 1 amide bonds. The summed E-state index contributed by atoms with van der Waals surface area (Å²) in [5.74, 6) is -0.226. The molecule has 0 aromatic heterocycles. The molecule has 0 saturated carbocycles. The molecule has 3 rings (SSSR count). The largest absolute Gasteiger partial charge is 0.507 e. The van der Waals surface area contributed by atoms with Gasteiger partial charge in [0.05, 0.1) is 30.3 Å². The molecule has 0 spiro atoms. The van der Waals surface area contributed by atoms with Crippen molar-refractivity contribution in [3.8, 4) is 11.5 Å². The predicted octanol–water partition coefficient (Wildman–Crippen LogP) is 4.69. The molecule has 1 N–H and O–H groups in total. The van der Waals surface area contributed by atoms with Gasteiger partial charge >= 0.3 is 0 Å². The number of ether oxygens (including phenoxy) is 2. The van der Waals surface area contributed by atoms with Crippen molar-refractivity contribution in [3.63, 3.8) is 0 Å². The van der Waals surface area contributed by atoms with Crippen molar-refractivity contribution >= 4 is 33.4 Å². The maximum Gasteiger partial charge on any atom is 0.295 e. The lowest BCUT2D eigenvalue weighted by molar-refractivity contribution is -0.139. The van der Waals surface area contributed by atoms with E-state index in [0.717, 1.165) is 18.4 Å². The number of rotatable bonds is 7. The molecule has 2 aromatic carbocycles. The second kappa shape index (κ2) is 9.34. The molecule has 1 atom stereocenters. The van der Waals surface area contributed by atoms with Crippen LogP contribution in [0.2, 0.25) is 0 Å². The molecule has 1 heterocycles. The number of carbonyl (C=O) groups excluding carboxylic acids is 2. The van der Waals surface area contributed by atoms with E-state index in [-0.39, 0.29) is 11.3 Å². The molecule has 0 bridgehead atoms. The van der Waals surface area contributed by atoms with E-state index in [0.29, 0.717) is 28.1 Å². The van der Waals surface area contributed by atoms with Crippen LogP contribution in [0.25, 0.3) is 5.76 Å². The third-order valence-electron chi connectivity index (χ3n) is 5.15. The molecule has 6 nitrogen and oxygen atoms in total. The van der Waals surface area contributed by atoms with Crippen LogP contribution in [0, 0.1) is 0 Å². The molecule has 30 heavy (non-hydrogen) atoms. The summed E-state index contributed by atoms with van der Waals surface area (Å²) < 4.78 is 11.1. The molecule has 7 heteroatoms. The highest BCUT2D eigenvalue weighted by molar-refractivity contribution is 9.10. The number of unbranched alkanes of at least 4 members (excludes halogenated alkanes) is 1. The van der Waals surface area contributed by atoms with E-state index in [2.05, 4.69) is 15.9 Å². The molecule has 1 fully saturated rings. The number of likely N-dealkylation sites (tertiary alicyclic amines) is 1. The Bertz CT molecular complexity index is 984. The zero-order valence-electron chi connectivity index (χ0n) is 17.1. The number of methoxy groups -OCH3 is 2. The Morgan fingerprint density at radius 1 is 1.10 bits per heavy atom. The molecular formula is C23H24BrNO5. The number of nitrogens with zero attached hydrogens (tertiary/aromatic N) is 1. The van der Waals surface area contributed by atoms with Gasteiger partial charge in [0.1, 0.15) is 17.3 Å². The Morgan fingerprint density at radius 3 is 2.37 bits per heavy atom. The van der Waals surface area contributed by atoms with E-state index < -0.39 is 17.7 Å². The van der Waals surface area contributed by atoms with Gasteiger partial charge in [-0.25, -0.2) is 0 Å². The number of amides is 1. The number of aliphatic hydroxyl groups excluding tert-OH is 1. The first kappa shape index (κ1) is 21.9. The predicted molar refractivity (Wildman–Crippen MR) is 118 cm³/mol. The first-order chi connectivity index (χ1) is 14.4. The van der Waals surface area contributed by atoms with Gasteiger partial charge in [0, 0.05) is 12.1 Å². The van der Waals surface area contributed by atoms with Gasteiger partial charge in [-0.1, -0.05) is 25.5 Å². The van der Waals surface area contributed by atoms with Gasteiger partial charge in [0.25, 0.3) is 11.7 Å². The minimum absolute atomic E-state index is 0.0818. The van der Waals surface area contributed by atoms with E-state index in [1.54, 1.807) is 44.6 Å². The normalized spacial score (nSPS) is 18.0. The van der Waals surface area contributed by atoms with Crippen molar-refractivity contribution in [3.05, 3.63) is 63.6 Å². The average Bonchev–Trinajstić information content (AvgIpc) is 3.01. The lowest BCUT2D eigenvalue weighted by atomic mass is 9.95. The highest BCUT2D eigenvalue weighted by Crippen LogP contribution is 2.40. The molecule has 1 saturated heterocycles. The molecule has 1 aliphatic rings. The Morgan fingerprint density at radius 2 is 1.80 bits per heavy atom. The van der Waals surface area contributed by atoms with Crippen molar-refractivity contribution in [1.82, 2.24) is 4.90 Å². The number of ketones is 1. The van der Waals surface area contributed by atoms with Gasteiger partial charge in [0.15, 0.2) is 0 Å². The van der Waals surface area contributed by atoms with E-state index in [1.165, 1.54) is 4.90 Å². The first-order valence-corrected chi connectivity index (χ1v) is 10.5. The fraction of sp³-hybridized carbons (Fsp3) is 0.304. The third kappa shape index (κ3) is 4.07. The fourth-order valence-corrected chi connectivity index (χ4v) is 4.08. The van der Waals surface area contributed by atoms with Crippen LogP contribution < -0.4 is 9.47 Å². The number of carbonyl (C=O) groups is 2. The Labute approximate surface area is 184 Å². The van der Waals surface area contributed by atoms with Crippen molar-refractivity contribution in [2.45, 2.75) is 25.8 Å². The standard InChI is InChI=1S/C23H24BrNO5/c1-4-5-12-25-20(14-6-9-16(29-2)10-7-14)19(22(27)23(25)28)21(26)15-8-11-18(30-3)17(24)13-15/h6-11,13,20,26H,4-5,12H2,1-3H3/b21-19-. The van der Waals surface area contributed by atoms with E-state index in [9.17, 15) is 14.7 Å². The summed E-state index contributed by atoms with van der Waals surface area (Å²) in [5.41, 5.74) is 1.24. The maximum atomic E-state index is 12.9. The Hall–Kier alpha value is -2.80. The summed E-state index contributed by atoms with van der Waals surface area (Å²) >= 11 is 3.40. The molecule has 1 aliphatic heterocycles. The number of benzene rings is 2. The molecular weight excluding hydrogens is 450 g/mol. The molecule has 158 valence electrons. The van der Waals surface area contributed by atoms with E-state index in [1.807, 2.05) is 19.1 Å². The van der Waals surface area contributed by atoms with Gasteiger partial charge in [-0.15, -0.1) is 0 Å². The first-order valence-electron chi connectivity index (χ1n) is 9.69. The van der Waals surface area contributed by atoms with Crippen molar-refractivity contribution < 1.29 is 24.2 Å². The maximum absolute atomic E-state index is 12.9. The van der Waals surface area contributed by atoms with Gasteiger partial charge in [-0.2, -0.15) is 0 Å². The highest BCUT2D eigenvalue weighted by atomic mass is 79.9. The molecule has 2 aromatic rings. The zero-order chi connectivity index (χ0) is 21.8. The fourth-order valence-electron chi connectivity index (χ4n) is 3.54. The number of Topliss-reactive ketones (excluding diaryl/α,β-unsaturated/α-hetero) is 1. The lowest BCUT2D eigenvalue weighted by Crippen LogP contribution is -2.30. The second-order valence-electron chi connectivity index (χ2n) is 6.97. The Kier molecular flexibility index (Phi) is 6.82. The number of aliphatic hydroxyl groups is 1. The summed E-state index contributed by atoms with van der Waals surface area (Å²) in [4.78, 5) is 27.3. The van der Waals surface area contributed by atoms with Crippen LogP contribution in [-0.4, -0.2) is 42.5 Å². The zero-order valence-corrected chi connectivity index (χ0v) is 18.7. The van der Waals surface area contributed by atoms with Crippen molar-refractivity contribution in [2.24, 2.45) is 0 Å². The van der Waals surface area contributed by atoms with Gasteiger partial charge in [-0.3, -0.25) is 9.59 Å². The quantitative estimate of drug-likeness (QED) is 0.358. The van der Waals surface area contributed by atoms with Crippen LogP contribution in [0.1, 0.15) is 36.9 Å². The van der Waals surface area contributed by atoms with Crippen LogP contribution in [0.3, 0.4) is 0 Å². The van der Waals surface area contributed by atoms with Crippen LogP contribution in [-0.2, 0) is 9.59 Å². The van der Waals surface area contributed by atoms with Crippen LogP contribution in [0.4, 0.5) is 0 Å². The minimum atomic E-state index is -0.684. The van der Waals surface area contributed by atoms with Gasteiger partial charge in [0.2, 0.25) is 0 Å². The van der Waals surface area contributed by atoms with Crippen molar-refractivity contribution in [1.29, 1.82) is 0 Å². The van der Waals surface area contributed by atoms with Gasteiger partial charge < -0.3 is 19.5 Å². The van der Waals surface area contributed by atoms with Crippen molar-refractivity contribution in [2.75, 3.05) is 20.8 Å². The van der Waals surface area contributed by atoms with Crippen LogP contribution in [0.5, 0.6) is 11.5 Å². The smallest absolute Gasteiger partial charge is 0.295 e. The number of halogens is 1. The summed E-state index contributed by atoms with van der Waals surface area (Å²) in [6.45, 7) is 2.45. The van der Waals surface area contributed by atoms with E-state index >= 15 is 0 Å². The summed E-state index contributed by atoms with van der Waals surface area (Å²) in [6, 6.07) is 11.5. The Balaban J connectivity index is 2.14. The number of hydrogen-bond acceptors (Lipinski definition) is 5. The highest BCUT2D eigenvalue weighted by Gasteiger charge is 2.45. The van der Waals surface area contributed by atoms with Gasteiger partial charge in [-0.05, 0) is 58.2 Å². The molecule has 1 unspecified atom stereocenters. The number of hydrogen-bond donors (Lipinski definition) is 1. The average molecular weight is 474 g/mol. The van der Waals surface area contributed by atoms with Crippen LogP contribution >= 0.6 is 15.9 Å². The summed E-state index contributed by atoms with van der Waals surface area (Å²) in [5, 5.41) is 11.1. The lowest BCUT2D eigenvalue weighted by Gasteiger charge is -2.25. The van der Waals surface area contributed by atoms with E-state index in [4.69, 9.17) is 9.47 Å². The third-order valence-corrected chi connectivity index (χ3v) is 5.77. The molecule has 0 aliphatic carbocycles. The molecule has 0 radical (unpaired) electrons. The second-order valence-corrected chi connectivity index (χ2v) is 7.82. The monoisotopic (exact) mass is 473 g/mol. The topological polar surface area (TPSA) is 76.1 Å². The SMILES string of the molecule is CCCCN1C(=O)C(=O)/C(=C(\O)c2ccc(OC)c(Br)c2)C1c1ccc(OC)cc1. The summed E-state index contributed by atoms with van der Waals surface area (Å²) in [7, 11) is 3.12. The minimum Gasteiger partial charge on any atom is -0.507 e.